The number of hydrogen-bond acceptors (Lipinski definition) is 3. The van der Waals surface area contributed by atoms with Crippen LogP contribution in [-0.4, -0.2) is 30.6 Å². The first-order chi connectivity index (χ1) is 11.0. The third kappa shape index (κ3) is 6.72. The van der Waals surface area contributed by atoms with Gasteiger partial charge in [-0.25, -0.2) is 0 Å². The first-order valence-corrected chi connectivity index (χ1v) is 8.09. The van der Waals surface area contributed by atoms with Crippen molar-refractivity contribution in [3.05, 3.63) is 29.8 Å². The van der Waals surface area contributed by atoms with Crippen molar-refractivity contribution in [3.8, 4) is 5.75 Å². The maximum atomic E-state index is 11.9. The standard InChI is InChI=1S/C18H27NO4/c1-4-7-13(2)10-17(20)19-12-15(18(21)22)11-14-8-5-6-9-16(14)23-3/h5-6,8-9,13,15H,4,7,10-12H2,1-3H3,(H,19,20)(H,21,22). The summed E-state index contributed by atoms with van der Waals surface area (Å²) < 4.78 is 5.25. The van der Waals surface area contributed by atoms with E-state index in [1.807, 2.05) is 25.1 Å². The van der Waals surface area contributed by atoms with Crippen LogP contribution < -0.4 is 10.1 Å². The number of carboxylic acid groups (broad SMARTS) is 1. The van der Waals surface area contributed by atoms with E-state index in [9.17, 15) is 14.7 Å². The number of methoxy groups -OCH3 is 1. The predicted octanol–water partition coefficient (Wildman–Crippen LogP) is 2.88. The van der Waals surface area contributed by atoms with E-state index in [1.165, 1.54) is 0 Å². The zero-order chi connectivity index (χ0) is 17.2. The summed E-state index contributed by atoms with van der Waals surface area (Å²) in [5.41, 5.74) is 0.830. The van der Waals surface area contributed by atoms with Crippen LogP contribution in [0.3, 0.4) is 0 Å². The van der Waals surface area contributed by atoms with Crippen LogP contribution in [0, 0.1) is 11.8 Å². The quantitative estimate of drug-likeness (QED) is 0.695. The first-order valence-electron chi connectivity index (χ1n) is 8.09. The number of benzene rings is 1. The Morgan fingerprint density at radius 2 is 2.00 bits per heavy atom. The zero-order valence-electron chi connectivity index (χ0n) is 14.2. The van der Waals surface area contributed by atoms with E-state index >= 15 is 0 Å². The topological polar surface area (TPSA) is 75.6 Å². The van der Waals surface area contributed by atoms with Crippen molar-refractivity contribution in [1.82, 2.24) is 5.32 Å². The molecule has 0 fully saturated rings. The van der Waals surface area contributed by atoms with Crippen LogP contribution in [0.4, 0.5) is 0 Å². The van der Waals surface area contributed by atoms with Gasteiger partial charge >= 0.3 is 5.97 Å². The molecular formula is C18H27NO4. The van der Waals surface area contributed by atoms with Crippen LogP contribution in [0.2, 0.25) is 0 Å². The number of amides is 1. The van der Waals surface area contributed by atoms with Gasteiger partial charge in [0.1, 0.15) is 5.75 Å². The number of ether oxygens (including phenoxy) is 1. The molecule has 0 saturated heterocycles. The second-order valence-corrected chi connectivity index (χ2v) is 5.95. The molecule has 1 aromatic rings. The predicted molar refractivity (Wildman–Crippen MR) is 89.5 cm³/mol. The van der Waals surface area contributed by atoms with Crippen LogP contribution >= 0.6 is 0 Å². The molecule has 2 atom stereocenters. The Morgan fingerprint density at radius 3 is 2.61 bits per heavy atom. The van der Waals surface area contributed by atoms with E-state index in [2.05, 4.69) is 12.2 Å². The van der Waals surface area contributed by atoms with Crippen molar-refractivity contribution < 1.29 is 19.4 Å². The first kappa shape index (κ1) is 19.0. The van der Waals surface area contributed by atoms with E-state index in [-0.39, 0.29) is 12.5 Å². The SMILES string of the molecule is CCCC(C)CC(=O)NCC(Cc1ccccc1OC)C(=O)O. The molecule has 1 aromatic carbocycles. The molecule has 0 bridgehead atoms. The smallest absolute Gasteiger partial charge is 0.308 e. The van der Waals surface area contributed by atoms with E-state index in [0.717, 1.165) is 18.4 Å². The molecule has 2 N–H and O–H groups in total. The van der Waals surface area contributed by atoms with Crippen molar-refractivity contribution in [2.24, 2.45) is 11.8 Å². The van der Waals surface area contributed by atoms with Crippen LogP contribution in [0.25, 0.3) is 0 Å². The average molecular weight is 321 g/mol. The van der Waals surface area contributed by atoms with E-state index in [1.54, 1.807) is 13.2 Å². The lowest BCUT2D eigenvalue weighted by Gasteiger charge is -2.16. The van der Waals surface area contributed by atoms with E-state index in [0.29, 0.717) is 24.5 Å². The Balaban J connectivity index is 2.59. The highest BCUT2D eigenvalue weighted by molar-refractivity contribution is 5.77. The van der Waals surface area contributed by atoms with E-state index in [4.69, 9.17) is 4.74 Å². The number of rotatable bonds is 10. The molecule has 0 heterocycles. The minimum Gasteiger partial charge on any atom is -0.496 e. The summed E-state index contributed by atoms with van der Waals surface area (Å²) >= 11 is 0. The second-order valence-electron chi connectivity index (χ2n) is 5.95. The van der Waals surface area contributed by atoms with Crippen molar-refractivity contribution in [2.75, 3.05) is 13.7 Å². The highest BCUT2D eigenvalue weighted by Gasteiger charge is 2.21. The molecule has 2 unspecified atom stereocenters. The van der Waals surface area contributed by atoms with Gasteiger partial charge in [-0.2, -0.15) is 0 Å². The van der Waals surface area contributed by atoms with Crippen LogP contribution in [-0.2, 0) is 16.0 Å². The Morgan fingerprint density at radius 1 is 1.30 bits per heavy atom. The van der Waals surface area contributed by atoms with Gasteiger partial charge in [0.25, 0.3) is 0 Å². The average Bonchev–Trinajstić information content (AvgIpc) is 2.51. The summed E-state index contributed by atoms with van der Waals surface area (Å²) in [5, 5.41) is 12.1. The van der Waals surface area contributed by atoms with Gasteiger partial charge < -0.3 is 15.2 Å². The molecule has 23 heavy (non-hydrogen) atoms. The molecule has 5 nitrogen and oxygen atoms in total. The summed E-state index contributed by atoms with van der Waals surface area (Å²) in [6, 6.07) is 7.34. The van der Waals surface area contributed by atoms with Crippen LogP contribution in [0.1, 0.15) is 38.7 Å². The van der Waals surface area contributed by atoms with Gasteiger partial charge in [0.05, 0.1) is 13.0 Å². The fraction of sp³-hybridized carbons (Fsp3) is 0.556. The monoisotopic (exact) mass is 321 g/mol. The van der Waals surface area contributed by atoms with Gasteiger partial charge in [-0.1, -0.05) is 44.9 Å². The number of carbonyl (C=O) groups is 2. The molecule has 5 heteroatoms. The zero-order valence-corrected chi connectivity index (χ0v) is 14.2. The molecule has 0 aliphatic heterocycles. The number of carboxylic acids is 1. The lowest BCUT2D eigenvalue weighted by atomic mass is 9.98. The van der Waals surface area contributed by atoms with Crippen molar-refractivity contribution in [2.45, 2.75) is 39.5 Å². The molecule has 0 aromatic heterocycles. The van der Waals surface area contributed by atoms with Crippen molar-refractivity contribution in [1.29, 1.82) is 0 Å². The molecule has 0 aliphatic carbocycles. The lowest BCUT2D eigenvalue weighted by Crippen LogP contribution is -2.34. The largest absolute Gasteiger partial charge is 0.496 e. The number of aliphatic carboxylic acids is 1. The van der Waals surface area contributed by atoms with Gasteiger partial charge in [-0.3, -0.25) is 9.59 Å². The van der Waals surface area contributed by atoms with Gasteiger partial charge in [0.15, 0.2) is 0 Å². The Kier molecular flexibility index (Phi) is 8.16. The lowest BCUT2D eigenvalue weighted by molar-refractivity contribution is -0.141. The molecular weight excluding hydrogens is 294 g/mol. The number of para-hydroxylation sites is 1. The summed E-state index contributed by atoms with van der Waals surface area (Å²) in [7, 11) is 1.56. The molecule has 0 radical (unpaired) electrons. The highest BCUT2D eigenvalue weighted by atomic mass is 16.5. The maximum absolute atomic E-state index is 11.9. The summed E-state index contributed by atoms with van der Waals surface area (Å²) in [4.78, 5) is 23.4. The van der Waals surface area contributed by atoms with Gasteiger partial charge in [0.2, 0.25) is 5.91 Å². The van der Waals surface area contributed by atoms with Gasteiger partial charge in [-0.15, -0.1) is 0 Å². The maximum Gasteiger partial charge on any atom is 0.308 e. The normalized spacial score (nSPS) is 13.2. The van der Waals surface area contributed by atoms with Gasteiger partial charge in [-0.05, 0) is 24.0 Å². The minimum atomic E-state index is -0.919. The Labute approximate surface area is 138 Å². The third-order valence-electron chi connectivity index (χ3n) is 3.87. The third-order valence-corrected chi connectivity index (χ3v) is 3.87. The molecule has 1 rings (SSSR count). The fourth-order valence-corrected chi connectivity index (χ4v) is 2.60. The minimum absolute atomic E-state index is 0.0859. The number of carbonyl (C=O) groups excluding carboxylic acids is 1. The van der Waals surface area contributed by atoms with E-state index < -0.39 is 11.9 Å². The summed E-state index contributed by atoms with van der Waals surface area (Å²) in [6.07, 6.45) is 2.80. The summed E-state index contributed by atoms with van der Waals surface area (Å²) in [6.45, 7) is 4.25. The van der Waals surface area contributed by atoms with Gasteiger partial charge in [0, 0.05) is 13.0 Å². The van der Waals surface area contributed by atoms with Crippen LogP contribution in [0.15, 0.2) is 24.3 Å². The fourth-order valence-electron chi connectivity index (χ4n) is 2.60. The Hall–Kier alpha value is -2.04. The van der Waals surface area contributed by atoms with Crippen molar-refractivity contribution >= 4 is 11.9 Å². The summed E-state index contributed by atoms with van der Waals surface area (Å²) in [5.74, 6) is -0.689. The molecule has 0 saturated carbocycles. The second kappa shape index (κ2) is 9.87. The number of nitrogens with one attached hydrogen (secondary N) is 1. The molecule has 1 amide bonds. The van der Waals surface area contributed by atoms with Crippen molar-refractivity contribution in [3.63, 3.8) is 0 Å². The Bertz CT molecular complexity index is 515. The molecule has 0 aliphatic rings. The molecule has 0 spiro atoms. The van der Waals surface area contributed by atoms with Crippen LogP contribution in [0.5, 0.6) is 5.75 Å². The highest BCUT2D eigenvalue weighted by Crippen LogP contribution is 2.21. The molecule has 128 valence electrons. The number of hydrogen-bond donors (Lipinski definition) is 2.